The molecule has 1 N–H and O–H groups in total. The molecule has 0 spiro atoms. The first kappa shape index (κ1) is 18.5. The molecule has 2 saturated heterocycles. The van der Waals surface area contributed by atoms with Gasteiger partial charge in [-0.15, -0.1) is 0 Å². The summed E-state index contributed by atoms with van der Waals surface area (Å²) in [6, 6.07) is 5.44. The lowest BCUT2D eigenvalue weighted by Gasteiger charge is -2.29. The lowest BCUT2D eigenvalue weighted by atomic mass is 10.1. The maximum atomic E-state index is 12.6. The van der Waals surface area contributed by atoms with Crippen LogP contribution in [-0.4, -0.2) is 43.6 Å². The zero-order valence-electron chi connectivity index (χ0n) is 15.6. The van der Waals surface area contributed by atoms with Gasteiger partial charge in [-0.25, -0.2) is 4.79 Å². The molecule has 2 heterocycles. The number of methoxy groups -OCH3 is 1. The van der Waals surface area contributed by atoms with Crippen molar-refractivity contribution >= 4 is 23.3 Å². The van der Waals surface area contributed by atoms with Crippen molar-refractivity contribution in [3.8, 4) is 5.75 Å². The van der Waals surface area contributed by atoms with Crippen LogP contribution in [0.2, 0.25) is 0 Å². The number of ether oxygens (including phenoxy) is 1. The third-order valence-electron chi connectivity index (χ3n) is 5.19. The molecule has 0 unspecified atom stereocenters. The van der Waals surface area contributed by atoms with Gasteiger partial charge in [0.1, 0.15) is 5.75 Å². The van der Waals surface area contributed by atoms with Gasteiger partial charge in [0, 0.05) is 31.7 Å². The Hall–Kier alpha value is -2.24. The van der Waals surface area contributed by atoms with Crippen LogP contribution in [0.5, 0.6) is 5.75 Å². The number of urea groups is 1. The number of likely N-dealkylation sites (tertiary alicyclic amines) is 1. The van der Waals surface area contributed by atoms with E-state index in [0.717, 1.165) is 44.5 Å². The van der Waals surface area contributed by atoms with Gasteiger partial charge in [0.05, 0.1) is 12.8 Å². The van der Waals surface area contributed by atoms with Crippen LogP contribution in [0.25, 0.3) is 0 Å². The van der Waals surface area contributed by atoms with Gasteiger partial charge in [-0.3, -0.25) is 4.79 Å². The zero-order chi connectivity index (χ0) is 18.4. The van der Waals surface area contributed by atoms with Crippen LogP contribution in [0.1, 0.15) is 51.4 Å². The number of carbonyl (C=O) groups is 2. The van der Waals surface area contributed by atoms with Crippen molar-refractivity contribution in [2.24, 2.45) is 0 Å². The van der Waals surface area contributed by atoms with E-state index in [1.165, 1.54) is 19.3 Å². The summed E-state index contributed by atoms with van der Waals surface area (Å²) in [4.78, 5) is 28.6. The van der Waals surface area contributed by atoms with Crippen LogP contribution in [0, 0.1) is 0 Å². The number of nitrogens with zero attached hydrogens (tertiary/aromatic N) is 2. The average molecular weight is 359 g/mol. The van der Waals surface area contributed by atoms with Crippen molar-refractivity contribution < 1.29 is 14.3 Å². The van der Waals surface area contributed by atoms with Gasteiger partial charge in [-0.2, -0.15) is 0 Å². The van der Waals surface area contributed by atoms with Crippen molar-refractivity contribution in [1.82, 2.24) is 4.90 Å². The minimum atomic E-state index is -0.0620. The Labute approximate surface area is 155 Å². The normalized spacial score (nSPS) is 18.9. The summed E-state index contributed by atoms with van der Waals surface area (Å²) in [6.45, 7) is 2.30. The molecule has 2 fully saturated rings. The number of hydrogen-bond donors (Lipinski definition) is 1. The summed E-state index contributed by atoms with van der Waals surface area (Å²) in [7, 11) is 1.60. The summed E-state index contributed by atoms with van der Waals surface area (Å²) in [5.41, 5.74) is 1.44. The summed E-state index contributed by atoms with van der Waals surface area (Å²) in [6.07, 6.45) is 8.24. The van der Waals surface area contributed by atoms with Crippen molar-refractivity contribution in [2.45, 2.75) is 51.4 Å². The second-order valence-electron chi connectivity index (χ2n) is 7.07. The molecule has 26 heavy (non-hydrogen) atoms. The second kappa shape index (κ2) is 8.92. The van der Waals surface area contributed by atoms with E-state index in [9.17, 15) is 9.59 Å². The molecular weight excluding hydrogens is 330 g/mol. The van der Waals surface area contributed by atoms with Gasteiger partial charge >= 0.3 is 6.03 Å². The molecule has 142 valence electrons. The van der Waals surface area contributed by atoms with E-state index in [0.29, 0.717) is 24.4 Å². The molecule has 2 aliphatic heterocycles. The predicted molar refractivity (Wildman–Crippen MR) is 103 cm³/mol. The molecule has 3 amide bonds. The Balaban J connectivity index is 1.74. The first-order valence-electron chi connectivity index (χ1n) is 9.73. The van der Waals surface area contributed by atoms with Crippen LogP contribution < -0.4 is 15.0 Å². The summed E-state index contributed by atoms with van der Waals surface area (Å²) < 4.78 is 5.44. The minimum Gasteiger partial charge on any atom is -0.495 e. The predicted octanol–water partition coefficient (Wildman–Crippen LogP) is 4.01. The fourth-order valence-corrected chi connectivity index (χ4v) is 3.69. The largest absolute Gasteiger partial charge is 0.495 e. The van der Waals surface area contributed by atoms with Crippen LogP contribution in [0.15, 0.2) is 18.2 Å². The number of carbonyl (C=O) groups excluding carboxylic acids is 2. The zero-order valence-corrected chi connectivity index (χ0v) is 15.6. The quantitative estimate of drug-likeness (QED) is 0.887. The number of amides is 3. The summed E-state index contributed by atoms with van der Waals surface area (Å²) >= 11 is 0. The lowest BCUT2D eigenvalue weighted by molar-refractivity contribution is -0.119. The third kappa shape index (κ3) is 4.48. The number of benzene rings is 1. The van der Waals surface area contributed by atoms with Crippen molar-refractivity contribution in [3.63, 3.8) is 0 Å². The molecule has 1 aromatic carbocycles. The maximum Gasteiger partial charge on any atom is 0.321 e. The van der Waals surface area contributed by atoms with Crippen LogP contribution in [0.3, 0.4) is 0 Å². The molecule has 6 heteroatoms. The first-order valence-corrected chi connectivity index (χ1v) is 9.73. The molecule has 6 nitrogen and oxygen atoms in total. The van der Waals surface area contributed by atoms with E-state index in [-0.39, 0.29) is 11.9 Å². The number of rotatable bonds is 3. The van der Waals surface area contributed by atoms with Gasteiger partial charge in [-0.05, 0) is 43.9 Å². The van der Waals surface area contributed by atoms with Crippen LogP contribution >= 0.6 is 0 Å². The Morgan fingerprint density at radius 2 is 1.69 bits per heavy atom. The van der Waals surface area contributed by atoms with E-state index >= 15 is 0 Å². The van der Waals surface area contributed by atoms with Crippen molar-refractivity contribution in [1.29, 1.82) is 0 Å². The topological polar surface area (TPSA) is 61.9 Å². The van der Waals surface area contributed by atoms with Crippen molar-refractivity contribution in [2.75, 3.05) is 37.0 Å². The molecule has 0 saturated carbocycles. The highest BCUT2D eigenvalue weighted by Crippen LogP contribution is 2.33. The van der Waals surface area contributed by atoms with E-state index < -0.39 is 0 Å². The molecule has 2 aliphatic rings. The van der Waals surface area contributed by atoms with E-state index in [1.54, 1.807) is 12.0 Å². The fraction of sp³-hybridized carbons (Fsp3) is 0.600. The molecule has 0 aliphatic carbocycles. The molecule has 0 radical (unpaired) electrons. The molecule has 0 atom stereocenters. The van der Waals surface area contributed by atoms with Gasteiger partial charge in [-0.1, -0.05) is 19.3 Å². The average Bonchev–Trinajstić information content (AvgIpc) is 2.61. The maximum absolute atomic E-state index is 12.6. The number of piperidine rings is 1. The summed E-state index contributed by atoms with van der Waals surface area (Å²) in [5, 5.41) is 3.00. The standard InChI is InChI=1S/C20H29N3O3/c1-26-18-11-10-16(15-17(18)23-14-8-5-9-19(23)24)21-20(25)22-12-6-3-2-4-7-13-22/h10-11,15H,2-9,12-14H2,1H3,(H,21,25). The smallest absolute Gasteiger partial charge is 0.321 e. The number of hydrogen-bond acceptors (Lipinski definition) is 3. The minimum absolute atomic E-state index is 0.0620. The lowest BCUT2D eigenvalue weighted by Crippen LogP contribution is -2.37. The molecule has 0 aromatic heterocycles. The van der Waals surface area contributed by atoms with Gasteiger partial charge in [0.15, 0.2) is 0 Å². The highest BCUT2D eigenvalue weighted by molar-refractivity contribution is 5.97. The highest BCUT2D eigenvalue weighted by Gasteiger charge is 2.23. The fourth-order valence-electron chi connectivity index (χ4n) is 3.69. The molecule has 1 aromatic rings. The number of nitrogens with one attached hydrogen (secondary N) is 1. The van der Waals surface area contributed by atoms with E-state index in [1.807, 2.05) is 23.1 Å². The van der Waals surface area contributed by atoms with Crippen LogP contribution in [-0.2, 0) is 4.79 Å². The Kier molecular flexibility index (Phi) is 6.36. The van der Waals surface area contributed by atoms with Gasteiger partial charge in [0.2, 0.25) is 5.91 Å². The Morgan fingerprint density at radius 3 is 2.38 bits per heavy atom. The summed E-state index contributed by atoms with van der Waals surface area (Å²) in [5.74, 6) is 0.770. The van der Waals surface area contributed by atoms with Crippen molar-refractivity contribution in [3.05, 3.63) is 18.2 Å². The van der Waals surface area contributed by atoms with Gasteiger partial charge < -0.3 is 19.9 Å². The van der Waals surface area contributed by atoms with Gasteiger partial charge in [0.25, 0.3) is 0 Å². The SMILES string of the molecule is COc1ccc(NC(=O)N2CCCCCCC2)cc1N1CCCCC1=O. The Bertz CT molecular complexity index is 639. The van der Waals surface area contributed by atoms with Crippen LogP contribution in [0.4, 0.5) is 16.2 Å². The third-order valence-corrected chi connectivity index (χ3v) is 5.19. The Morgan fingerprint density at radius 1 is 1.00 bits per heavy atom. The first-order chi connectivity index (χ1) is 12.7. The number of anilines is 2. The molecular formula is C20H29N3O3. The monoisotopic (exact) mass is 359 g/mol. The second-order valence-corrected chi connectivity index (χ2v) is 7.07. The molecule has 0 bridgehead atoms. The van der Waals surface area contributed by atoms with E-state index in [4.69, 9.17) is 4.74 Å². The van der Waals surface area contributed by atoms with E-state index in [2.05, 4.69) is 5.32 Å². The highest BCUT2D eigenvalue weighted by atomic mass is 16.5. The molecule has 3 rings (SSSR count).